The third-order valence-corrected chi connectivity index (χ3v) is 4.59. The van der Waals surface area contributed by atoms with Crippen LogP contribution in [-0.4, -0.2) is 28.6 Å². The Morgan fingerprint density at radius 1 is 1.25 bits per heavy atom. The number of pyridine rings is 1. The Kier molecular flexibility index (Phi) is 6.35. The molecule has 1 N–H and O–H groups in total. The first-order chi connectivity index (χ1) is 9.65. The summed E-state index contributed by atoms with van der Waals surface area (Å²) in [6.45, 7) is 0.250. The molecule has 0 saturated carbocycles. The van der Waals surface area contributed by atoms with Crippen LogP contribution in [0.25, 0.3) is 0 Å². The molecular weight excluding hydrogens is 406 g/mol. The van der Waals surface area contributed by atoms with Gasteiger partial charge in [0.2, 0.25) is 0 Å². The molecule has 0 bridgehead atoms. The van der Waals surface area contributed by atoms with Crippen LogP contribution in [-0.2, 0) is 0 Å². The van der Waals surface area contributed by atoms with Gasteiger partial charge in [-0.15, -0.1) is 11.8 Å². The van der Waals surface area contributed by atoms with Crippen LogP contribution < -0.4 is 4.74 Å². The molecule has 106 valence electrons. The number of rotatable bonds is 6. The van der Waals surface area contributed by atoms with Crippen LogP contribution in [0, 0.1) is 0 Å². The summed E-state index contributed by atoms with van der Waals surface area (Å²) in [6, 6.07) is 11.4. The lowest BCUT2D eigenvalue weighted by atomic mass is 10.3. The van der Waals surface area contributed by atoms with Gasteiger partial charge >= 0.3 is 0 Å². The average molecular weight is 419 g/mol. The van der Waals surface area contributed by atoms with E-state index in [1.807, 2.05) is 36.4 Å². The van der Waals surface area contributed by atoms with Crippen LogP contribution in [0.2, 0.25) is 0 Å². The lowest BCUT2D eigenvalue weighted by Crippen LogP contribution is -2.20. The van der Waals surface area contributed by atoms with E-state index in [9.17, 15) is 5.11 Å². The molecule has 0 spiro atoms. The van der Waals surface area contributed by atoms with E-state index < -0.39 is 6.10 Å². The second kappa shape index (κ2) is 8.02. The molecule has 3 nitrogen and oxygen atoms in total. The van der Waals surface area contributed by atoms with Gasteiger partial charge in [0.1, 0.15) is 12.4 Å². The molecule has 2 aromatic rings. The Balaban J connectivity index is 1.79. The molecular formula is C14H13Br2NO2S. The van der Waals surface area contributed by atoms with Gasteiger partial charge in [0.15, 0.2) is 0 Å². The Morgan fingerprint density at radius 2 is 2.10 bits per heavy atom. The Labute approximate surface area is 139 Å². The number of aromatic nitrogens is 1. The van der Waals surface area contributed by atoms with Crippen molar-refractivity contribution >= 4 is 43.6 Å². The van der Waals surface area contributed by atoms with E-state index in [-0.39, 0.29) is 6.61 Å². The predicted octanol–water partition coefficient (Wildman–Crippen LogP) is 4.14. The zero-order valence-corrected chi connectivity index (χ0v) is 14.5. The number of nitrogens with zero attached hydrogens (tertiary/aromatic N) is 1. The Hall–Kier alpha value is -0.560. The molecule has 1 heterocycles. The zero-order chi connectivity index (χ0) is 14.4. The van der Waals surface area contributed by atoms with Crippen molar-refractivity contribution in [3.63, 3.8) is 0 Å². The molecule has 0 radical (unpaired) electrons. The van der Waals surface area contributed by atoms with Gasteiger partial charge in [0, 0.05) is 16.4 Å². The molecule has 20 heavy (non-hydrogen) atoms. The maximum Gasteiger partial charge on any atom is 0.133 e. The zero-order valence-electron chi connectivity index (χ0n) is 10.5. The minimum atomic E-state index is -0.544. The summed E-state index contributed by atoms with van der Waals surface area (Å²) in [4.78, 5) is 4.19. The van der Waals surface area contributed by atoms with E-state index in [1.165, 1.54) is 11.8 Å². The average Bonchev–Trinajstić information content (AvgIpc) is 2.45. The number of aliphatic hydroxyl groups is 1. The number of ether oxygens (including phenoxy) is 1. The third-order valence-electron chi connectivity index (χ3n) is 2.39. The van der Waals surface area contributed by atoms with E-state index in [0.29, 0.717) is 5.75 Å². The van der Waals surface area contributed by atoms with Crippen LogP contribution in [0.3, 0.4) is 0 Å². The molecule has 0 amide bonds. The SMILES string of the molecule is OC(COc1ccc(Br)cc1Br)CSc1ccccn1. The Morgan fingerprint density at radius 3 is 2.80 bits per heavy atom. The fraction of sp³-hybridized carbons (Fsp3) is 0.214. The van der Waals surface area contributed by atoms with Crippen molar-refractivity contribution < 1.29 is 9.84 Å². The first kappa shape index (κ1) is 15.8. The highest BCUT2D eigenvalue weighted by atomic mass is 79.9. The van der Waals surface area contributed by atoms with Crippen molar-refractivity contribution in [2.75, 3.05) is 12.4 Å². The molecule has 0 fully saturated rings. The summed E-state index contributed by atoms with van der Waals surface area (Å²) < 4.78 is 7.42. The van der Waals surface area contributed by atoms with E-state index in [0.717, 1.165) is 19.7 Å². The van der Waals surface area contributed by atoms with Gasteiger partial charge in [-0.25, -0.2) is 4.98 Å². The quantitative estimate of drug-likeness (QED) is 0.716. The van der Waals surface area contributed by atoms with E-state index in [2.05, 4.69) is 36.8 Å². The van der Waals surface area contributed by atoms with Crippen molar-refractivity contribution in [2.24, 2.45) is 0 Å². The summed E-state index contributed by atoms with van der Waals surface area (Å²) in [5.41, 5.74) is 0. The number of aliphatic hydroxyl groups excluding tert-OH is 1. The summed E-state index contributed by atoms with van der Waals surface area (Å²) in [5, 5.41) is 10.8. The van der Waals surface area contributed by atoms with Crippen LogP contribution in [0.4, 0.5) is 0 Å². The summed E-state index contributed by atoms with van der Waals surface area (Å²) in [5.74, 6) is 1.26. The van der Waals surface area contributed by atoms with Gasteiger partial charge in [-0.2, -0.15) is 0 Å². The monoisotopic (exact) mass is 417 g/mol. The maximum atomic E-state index is 9.92. The smallest absolute Gasteiger partial charge is 0.133 e. The largest absolute Gasteiger partial charge is 0.490 e. The van der Waals surface area contributed by atoms with Crippen LogP contribution in [0.15, 0.2) is 56.6 Å². The normalized spacial score (nSPS) is 12.2. The fourth-order valence-corrected chi connectivity index (χ4v) is 3.37. The van der Waals surface area contributed by atoms with Gasteiger partial charge in [-0.1, -0.05) is 22.0 Å². The van der Waals surface area contributed by atoms with Crippen LogP contribution in [0.1, 0.15) is 0 Å². The van der Waals surface area contributed by atoms with Gasteiger partial charge in [0.25, 0.3) is 0 Å². The molecule has 0 aliphatic carbocycles. The standard InChI is InChI=1S/C14H13Br2NO2S/c15-10-4-5-13(12(16)7-10)19-8-11(18)9-20-14-3-1-2-6-17-14/h1-7,11,18H,8-9H2. The summed E-state index contributed by atoms with van der Waals surface area (Å²) in [7, 11) is 0. The molecule has 1 aromatic carbocycles. The highest BCUT2D eigenvalue weighted by Gasteiger charge is 2.08. The number of thioether (sulfide) groups is 1. The first-order valence-corrected chi connectivity index (χ1v) is 8.52. The van der Waals surface area contributed by atoms with Crippen LogP contribution in [0.5, 0.6) is 5.75 Å². The fourth-order valence-electron chi connectivity index (χ4n) is 1.44. The molecule has 0 saturated heterocycles. The minimum Gasteiger partial charge on any atom is -0.490 e. The second-order valence-corrected chi connectivity index (χ2v) is 6.83. The minimum absolute atomic E-state index is 0.250. The third kappa shape index (κ3) is 5.09. The molecule has 0 aliphatic rings. The lowest BCUT2D eigenvalue weighted by molar-refractivity contribution is 0.126. The van der Waals surface area contributed by atoms with Crippen molar-refractivity contribution in [1.29, 1.82) is 0 Å². The van der Waals surface area contributed by atoms with Crippen molar-refractivity contribution in [2.45, 2.75) is 11.1 Å². The number of halogens is 2. The summed E-state index contributed by atoms with van der Waals surface area (Å²) in [6.07, 6.45) is 1.20. The predicted molar refractivity (Wildman–Crippen MR) is 88.3 cm³/mol. The van der Waals surface area contributed by atoms with E-state index >= 15 is 0 Å². The van der Waals surface area contributed by atoms with Gasteiger partial charge in [-0.05, 0) is 46.3 Å². The lowest BCUT2D eigenvalue weighted by Gasteiger charge is -2.13. The maximum absolute atomic E-state index is 9.92. The summed E-state index contributed by atoms with van der Waals surface area (Å²) >= 11 is 8.31. The molecule has 1 atom stereocenters. The molecule has 2 rings (SSSR count). The second-order valence-electron chi connectivity index (χ2n) is 4.02. The van der Waals surface area contributed by atoms with Crippen molar-refractivity contribution in [1.82, 2.24) is 4.98 Å². The van der Waals surface area contributed by atoms with Gasteiger partial charge < -0.3 is 9.84 Å². The van der Waals surface area contributed by atoms with Crippen molar-refractivity contribution in [3.8, 4) is 5.75 Å². The van der Waals surface area contributed by atoms with Crippen LogP contribution >= 0.6 is 43.6 Å². The highest BCUT2D eigenvalue weighted by Crippen LogP contribution is 2.28. The first-order valence-electron chi connectivity index (χ1n) is 5.95. The number of hydrogen-bond acceptors (Lipinski definition) is 4. The highest BCUT2D eigenvalue weighted by molar-refractivity contribution is 9.11. The number of hydrogen-bond donors (Lipinski definition) is 1. The molecule has 1 aromatic heterocycles. The Bertz CT molecular complexity index is 554. The van der Waals surface area contributed by atoms with E-state index in [4.69, 9.17) is 4.74 Å². The topological polar surface area (TPSA) is 42.4 Å². The van der Waals surface area contributed by atoms with Gasteiger partial charge in [-0.3, -0.25) is 0 Å². The number of benzene rings is 1. The molecule has 6 heteroatoms. The molecule has 1 unspecified atom stereocenters. The van der Waals surface area contributed by atoms with Gasteiger partial charge in [0.05, 0.1) is 15.6 Å². The molecule has 0 aliphatic heterocycles. The van der Waals surface area contributed by atoms with Crippen molar-refractivity contribution in [3.05, 3.63) is 51.5 Å². The van der Waals surface area contributed by atoms with E-state index in [1.54, 1.807) is 6.20 Å².